The Morgan fingerprint density at radius 2 is 1.59 bits per heavy atom. The molecule has 0 aromatic carbocycles. The number of likely N-dealkylation sites (tertiary alicyclic amines) is 2. The minimum absolute atomic E-state index is 0.0250. The molecule has 0 bridgehead atoms. The third-order valence-corrected chi connectivity index (χ3v) is 6.46. The van der Waals surface area contributed by atoms with Gasteiger partial charge in [-0.2, -0.15) is 0 Å². The summed E-state index contributed by atoms with van der Waals surface area (Å²) in [5, 5.41) is 12.2. The molecular formula is C21H35N5O6. The largest absolute Gasteiger partial charge is 0.480 e. The van der Waals surface area contributed by atoms with Crippen LogP contribution in [0.2, 0.25) is 0 Å². The zero-order valence-electron chi connectivity index (χ0n) is 18.8. The van der Waals surface area contributed by atoms with Crippen molar-refractivity contribution in [2.24, 2.45) is 17.4 Å². The summed E-state index contributed by atoms with van der Waals surface area (Å²) >= 11 is 0. The summed E-state index contributed by atoms with van der Waals surface area (Å²) in [4.78, 5) is 64.3. The zero-order chi connectivity index (χ0) is 24.0. The quantitative estimate of drug-likeness (QED) is 0.334. The van der Waals surface area contributed by atoms with Crippen LogP contribution < -0.4 is 16.8 Å². The lowest BCUT2D eigenvalue weighted by Crippen LogP contribution is -2.58. The van der Waals surface area contributed by atoms with Crippen LogP contribution in [-0.4, -0.2) is 81.8 Å². The third kappa shape index (κ3) is 5.96. The molecule has 0 aromatic rings. The molecule has 11 heteroatoms. The average Bonchev–Trinajstić information content (AvgIpc) is 3.43. The first-order valence-corrected chi connectivity index (χ1v) is 11.3. The maximum atomic E-state index is 13.2. The lowest BCUT2D eigenvalue weighted by Gasteiger charge is -2.32. The Morgan fingerprint density at radius 1 is 1.03 bits per heavy atom. The van der Waals surface area contributed by atoms with Crippen LogP contribution >= 0.6 is 0 Å². The summed E-state index contributed by atoms with van der Waals surface area (Å²) in [5.41, 5.74) is 11.0. The van der Waals surface area contributed by atoms with Gasteiger partial charge in [0.25, 0.3) is 0 Å². The fraction of sp³-hybridized carbons (Fsp3) is 0.762. The number of amides is 4. The molecule has 11 nitrogen and oxygen atoms in total. The third-order valence-electron chi connectivity index (χ3n) is 6.46. The Kier molecular flexibility index (Phi) is 8.99. The molecule has 0 spiro atoms. The summed E-state index contributed by atoms with van der Waals surface area (Å²) in [6, 6.07) is -3.48. The maximum Gasteiger partial charge on any atom is 0.326 e. The number of nitrogens with one attached hydrogen (secondary N) is 1. The van der Waals surface area contributed by atoms with E-state index in [0.29, 0.717) is 45.2 Å². The van der Waals surface area contributed by atoms with E-state index in [0.717, 1.165) is 0 Å². The molecule has 5 atom stereocenters. The van der Waals surface area contributed by atoms with Crippen molar-refractivity contribution >= 4 is 29.6 Å². The van der Waals surface area contributed by atoms with Gasteiger partial charge in [-0.25, -0.2) is 4.79 Å². The number of carboxylic acids is 1. The second-order valence-electron chi connectivity index (χ2n) is 8.70. The van der Waals surface area contributed by atoms with Crippen LogP contribution in [0.25, 0.3) is 0 Å². The fourth-order valence-corrected chi connectivity index (χ4v) is 4.34. The lowest BCUT2D eigenvalue weighted by atomic mass is 9.96. The van der Waals surface area contributed by atoms with Gasteiger partial charge in [0.05, 0.1) is 6.04 Å². The number of nitrogens with zero attached hydrogens (tertiary/aromatic N) is 2. The number of carboxylic acid groups (broad SMARTS) is 1. The van der Waals surface area contributed by atoms with Crippen LogP contribution in [0.1, 0.15) is 58.8 Å². The van der Waals surface area contributed by atoms with Crippen LogP contribution in [-0.2, 0) is 24.0 Å². The molecule has 2 rings (SSSR count). The molecule has 0 radical (unpaired) electrons. The first-order chi connectivity index (χ1) is 15.1. The highest BCUT2D eigenvalue weighted by Gasteiger charge is 2.42. The Balaban J connectivity index is 2.11. The number of carbonyl (C=O) groups is 5. The van der Waals surface area contributed by atoms with Crippen molar-refractivity contribution in [3.8, 4) is 0 Å². The Labute approximate surface area is 187 Å². The minimum Gasteiger partial charge on any atom is -0.480 e. The van der Waals surface area contributed by atoms with E-state index in [1.807, 2.05) is 13.8 Å². The van der Waals surface area contributed by atoms with Crippen LogP contribution in [0.3, 0.4) is 0 Å². The minimum atomic E-state index is -1.05. The molecule has 2 heterocycles. The van der Waals surface area contributed by atoms with Crippen LogP contribution in [0, 0.1) is 5.92 Å². The number of carbonyl (C=O) groups excluding carboxylic acids is 4. The van der Waals surface area contributed by atoms with Crippen LogP contribution in [0.5, 0.6) is 0 Å². The predicted octanol–water partition coefficient (Wildman–Crippen LogP) is -0.823. The highest BCUT2D eigenvalue weighted by Crippen LogP contribution is 2.23. The standard InChI is InChI=1S/C21H35N5O6/c1-3-12(2)17(20(30)26-11-5-7-15(26)21(31)32)24-18(28)14-6-4-10-25(14)19(29)13(22)8-9-16(23)27/h12-15,17H,3-11,22H2,1-2H3,(H2,23,27)(H,24,28)(H,31,32). The zero-order valence-corrected chi connectivity index (χ0v) is 18.8. The molecule has 0 aromatic heterocycles. The Hall–Kier alpha value is -2.69. The van der Waals surface area contributed by atoms with Gasteiger partial charge in [0.2, 0.25) is 23.6 Å². The highest BCUT2D eigenvalue weighted by atomic mass is 16.4. The van der Waals surface area contributed by atoms with Crippen molar-refractivity contribution < 1.29 is 29.1 Å². The summed E-state index contributed by atoms with van der Waals surface area (Å²) in [6.07, 6.45) is 2.70. The SMILES string of the molecule is CCC(C)C(NC(=O)C1CCCN1C(=O)C(N)CCC(N)=O)C(=O)N1CCCC1C(=O)O. The number of hydrogen-bond donors (Lipinski definition) is 4. The van der Waals surface area contributed by atoms with E-state index in [-0.39, 0.29) is 18.8 Å². The van der Waals surface area contributed by atoms with Gasteiger partial charge in [0.15, 0.2) is 0 Å². The van der Waals surface area contributed by atoms with Crippen molar-refractivity contribution in [3.63, 3.8) is 0 Å². The molecule has 2 saturated heterocycles. The number of hydrogen-bond acceptors (Lipinski definition) is 6. The van der Waals surface area contributed by atoms with Crippen molar-refractivity contribution in [2.75, 3.05) is 13.1 Å². The van der Waals surface area contributed by atoms with Gasteiger partial charge < -0.3 is 31.7 Å². The Morgan fingerprint density at radius 3 is 2.12 bits per heavy atom. The van der Waals surface area contributed by atoms with Crippen molar-refractivity contribution in [1.82, 2.24) is 15.1 Å². The van der Waals surface area contributed by atoms with Gasteiger partial charge in [-0.1, -0.05) is 20.3 Å². The van der Waals surface area contributed by atoms with Crippen LogP contribution in [0.4, 0.5) is 0 Å². The average molecular weight is 454 g/mol. The molecule has 2 aliphatic heterocycles. The van der Waals surface area contributed by atoms with Gasteiger partial charge in [-0.05, 0) is 38.0 Å². The van der Waals surface area contributed by atoms with E-state index in [4.69, 9.17) is 11.5 Å². The molecule has 32 heavy (non-hydrogen) atoms. The van der Waals surface area contributed by atoms with Gasteiger partial charge in [-0.3, -0.25) is 19.2 Å². The Bertz CT molecular complexity index is 744. The number of primary amides is 1. The van der Waals surface area contributed by atoms with E-state index in [1.165, 1.54) is 9.80 Å². The van der Waals surface area contributed by atoms with E-state index in [2.05, 4.69) is 5.32 Å². The van der Waals surface area contributed by atoms with Gasteiger partial charge in [-0.15, -0.1) is 0 Å². The molecule has 0 saturated carbocycles. The monoisotopic (exact) mass is 453 g/mol. The van der Waals surface area contributed by atoms with Gasteiger partial charge in [0.1, 0.15) is 18.1 Å². The predicted molar refractivity (Wildman–Crippen MR) is 115 cm³/mol. The second kappa shape index (κ2) is 11.3. The van der Waals surface area contributed by atoms with E-state index in [1.54, 1.807) is 0 Å². The van der Waals surface area contributed by atoms with Crippen molar-refractivity contribution in [1.29, 1.82) is 0 Å². The first-order valence-electron chi connectivity index (χ1n) is 11.3. The number of aliphatic carboxylic acids is 1. The fourth-order valence-electron chi connectivity index (χ4n) is 4.34. The molecule has 6 N–H and O–H groups in total. The summed E-state index contributed by atoms with van der Waals surface area (Å²) < 4.78 is 0. The lowest BCUT2D eigenvalue weighted by molar-refractivity contribution is -0.150. The smallest absolute Gasteiger partial charge is 0.326 e. The first kappa shape index (κ1) is 25.6. The number of nitrogens with two attached hydrogens (primary N) is 2. The summed E-state index contributed by atoms with van der Waals surface area (Å²) in [6.45, 7) is 4.41. The number of rotatable bonds is 10. The summed E-state index contributed by atoms with van der Waals surface area (Å²) in [7, 11) is 0. The molecular weight excluding hydrogens is 418 g/mol. The normalized spacial score (nSPS) is 23.5. The summed E-state index contributed by atoms with van der Waals surface area (Å²) in [5.74, 6) is -3.12. The molecule has 2 aliphatic rings. The van der Waals surface area contributed by atoms with E-state index < -0.39 is 53.8 Å². The molecule has 4 amide bonds. The maximum absolute atomic E-state index is 13.2. The van der Waals surface area contributed by atoms with E-state index in [9.17, 15) is 29.1 Å². The van der Waals surface area contributed by atoms with Gasteiger partial charge >= 0.3 is 5.97 Å². The topological polar surface area (TPSA) is 176 Å². The molecule has 2 fully saturated rings. The molecule has 180 valence electrons. The van der Waals surface area contributed by atoms with Crippen LogP contribution in [0.15, 0.2) is 0 Å². The van der Waals surface area contributed by atoms with E-state index >= 15 is 0 Å². The second-order valence-corrected chi connectivity index (χ2v) is 8.70. The highest BCUT2D eigenvalue weighted by molar-refractivity contribution is 5.94. The van der Waals surface area contributed by atoms with Crippen molar-refractivity contribution in [3.05, 3.63) is 0 Å². The molecule has 0 aliphatic carbocycles. The molecule has 5 unspecified atom stereocenters. The van der Waals surface area contributed by atoms with Crippen molar-refractivity contribution in [2.45, 2.75) is 83.0 Å². The van der Waals surface area contributed by atoms with Gasteiger partial charge in [0, 0.05) is 19.5 Å².